The van der Waals surface area contributed by atoms with Crippen molar-refractivity contribution < 1.29 is 32.2 Å². The number of sulfone groups is 1. The van der Waals surface area contributed by atoms with Gasteiger partial charge in [0, 0.05) is 17.2 Å². The highest BCUT2D eigenvalue weighted by Gasteiger charge is 2.25. The topological polar surface area (TPSA) is 121 Å². The lowest BCUT2D eigenvalue weighted by molar-refractivity contribution is -0.0687. The zero-order valence-corrected chi connectivity index (χ0v) is 23.0. The molecule has 5 rings (SSSR count). The SMILES string of the molecule is Cc1cccc(-c2nc(CO[C@H]3CCC[C@@H](OCn4c(C(=O)O)cc5cc(S(C)(=O)=O)ccc54)C3)c(C)o2)c1. The molecule has 10 heteroatoms. The number of aromatic nitrogens is 2. The molecule has 2 aromatic heterocycles. The van der Waals surface area contributed by atoms with Crippen LogP contribution < -0.4 is 0 Å². The van der Waals surface area contributed by atoms with Gasteiger partial charge in [-0.05, 0) is 75.9 Å². The van der Waals surface area contributed by atoms with E-state index in [-0.39, 0.29) is 29.5 Å². The fourth-order valence-electron chi connectivity index (χ4n) is 5.04. The van der Waals surface area contributed by atoms with Gasteiger partial charge in [0.05, 0.1) is 29.2 Å². The average Bonchev–Trinajstić information content (AvgIpc) is 3.46. The van der Waals surface area contributed by atoms with Crippen LogP contribution in [0.5, 0.6) is 0 Å². The first-order valence-corrected chi connectivity index (χ1v) is 14.8. The fourth-order valence-corrected chi connectivity index (χ4v) is 5.70. The van der Waals surface area contributed by atoms with Gasteiger partial charge >= 0.3 is 5.97 Å². The molecule has 0 bridgehead atoms. The van der Waals surface area contributed by atoms with E-state index in [2.05, 4.69) is 4.98 Å². The first-order chi connectivity index (χ1) is 18.6. The number of nitrogens with zero attached hydrogens (tertiary/aromatic N) is 2. The molecular weight excluding hydrogens is 520 g/mol. The van der Waals surface area contributed by atoms with Crippen LogP contribution in [0.4, 0.5) is 0 Å². The predicted octanol–water partition coefficient (Wildman–Crippen LogP) is 5.52. The van der Waals surface area contributed by atoms with Gasteiger partial charge < -0.3 is 23.6 Å². The molecule has 206 valence electrons. The highest BCUT2D eigenvalue weighted by atomic mass is 32.2. The lowest BCUT2D eigenvalue weighted by Crippen LogP contribution is -2.29. The molecule has 2 aromatic carbocycles. The van der Waals surface area contributed by atoms with E-state index in [0.717, 1.165) is 48.1 Å². The van der Waals surface area contributed by atoms with E-state index < -0.39 is 15.8 Å². The number of ether oxygens (including phenoxy) is 2. The molecule has 1 aliphatic carbocycles. The van der Waals surface area contributed by atoms with Crippen LogP contribution in [-0.4, -0.2) is 47.5 Å². The summed E-state index contributed by atoms with van der Waals surface area (Å²) in [6, 6.07) is 14.1. The summed E-state index contributed by atoms with van der Waals surface area (Å²) in [4.78, 5) is 16.7. The van der Waals surface area contributed by atoms with Crippen LogP contribution in [-0.2, 0) is 32.6 Å². The zero-order valence-electron chi connectivity index (χ0n) is 22.2. The maximum Gasteiger partial charge on any atom is 0.352 e. The summed E-state index contributed by atoms with van der Waals surface area (Å²) < 4.78 is 43.7. The molecule has 1 aliphatic rings. The van der Waals surface area contributed by atoms with Crippen molar-refractivity contribution in [2.24, 2.45) is 0 Å². The van der Waals surface area contributed by atoms with Crippen molar-refractivity contribution in [2.45, 2.75) is 70.0 Å². The number of hydrogen-bond acceptors (Lipinski definition) is 7. The molecule has 0 saturated heterocycles. The van der Waals surface area contributed by atoms with Crippen molar-refractivity contribution in [3.63, 3.8) is 0 Å². The Morgan fingerprint density at radius 3 is 2.59 bits per heavy atom. The van der Waals surface area contributed by atoms with Crippen LogP contribution in [0.25, 0.3) is 22.4 Å². The Balaban J connectivity index is 1.23. The van der Waals surface area contributed by atoms with Crippen molar-refractivity contribution in [1.82, 2.24) is 9.55 Å². The Hall–Kier alpha value is -3.47. The van der Waals surface area contributed by atoms with E-state index in [9.17, 15) is 18.3 Å². The number of rotatable bonds is 9. The Kier molecular flexibility index (Phi) is 7.61. The number of benzene rings is 2. The molecule has 0 amide bonds. The number of fused-ring (bicyclic) bond motifs is 1. The Labute approximate surface area is 227 Å². The van der Waals surface area contributed by atoms with E-state index in [1.54, 1.807) is 10.6 Å². The molecule has 1 N–H and O–H groups in total. The number of aromatic carboxylic acids is 1. The number of oxazole rings is 1. The molecule has 9 nitrogen and oxygen atoms in total. The molecule has 2 heterocycles. The maximum atomic E-state index is 11.9. The summed E-state index contributed by atoms with van der Waals surface area (Å²) in [7, 11) is -3.41. The minimum absolute atomic E-state index is 0.0139. The third-order valence-electron chi connectivity index (χ3n) is 7.15. The molecule has 0 radical (unpaired) electrons. The highest BCUT2D eigenvalue weighted by Crippen LogP contribution is 2.29. The van der Waals surface area contributed by atoms with Gasteiger partial charge in [0.25, 0.3) is 0 Å². The number of carbonyl (C=O) groups is 1. The van der Waals surface area contributed by atoms with Crippen LogP contribution in [0.2, 0.25) is 0 Å². The number of aryl methyl sites for hydroxylation is 2. The molecule has 39 heavy (non-hydrogen) atoms. The number of hydrogen-bond donors (Lipinski definition) is 1. The van der Waals surface area contributed by atoms with E-state index in [1.165, 1.54) is 18.2 Å². The van der Waals surface area contributed by atoms with Crippen LogP contribution in [0.15, 0.2) is 57.8 Å². The van der Waals surface area contributed by atoms with Gasteiger partial charge in [0.1, 0.15) is 23.9 Å². The Morgan fingerprint density at radius 1 is 1.10 bits per heavy atom. The van der Waals surface area contributed by atoms with Crippen LogP contribution in [0.1, 0.15) is 53.2 Å². The highest BCUT2D eigenvalue weighted by molar-refractivity contribution is 7.90. The second kappa shape index (κ2) is 11.0. The first kappa shape index (κ1) is 27.1. The Bertz CT molecular complexity index is 1620. The van der Waals surface area contributed by atoms with Crippen LogP contribution >= 0.6 is 0 Å². The quantitative estimate of drug-likeness (QED) is 0.288. The normalized spacial score (nSPS) is 18.0. The molecule has 1 saturated carbocycles. The van der Waals surface area contributed by atoms with Crippen molar-refractivity contribution in [1.29, 1.82) is 0 Å². The third-order valence-corrected chi connectivity index (χ3v) is 8.26. The van der Waals surface area contributed by atoms with Crippen molar-refractivity contribution in [2.75, 3.05) is 6.26 Å². The molecule has 0 unspecified atom stereocenters. The van der Waals surface area contributed by atoms with Gasteiger partial charge in [-0.25, -0.2) is 18.2 Å². The van der Waals surface area contributed by atoms with Crippen LogP contribution in [0, 0.1) is 13.8 Å². The van der Waals surface area contributed by atoms with Gasteiger partial charge in [-0.1, -0.05) is 17.7 Å². The lowest BCUT2D eigenvalue weighted by atomic mass is 9.95. The smallest absolute Gasteiger partial charge is 0.352 e. The fraction of sp³-hybridized carbons (Fsp3) is 0.379. The number of carboxylic acid groups (broad SMARTS) is 1. The summed E-state index contributed by atoms with van der Waals surface area (Å²) in [5, 5.41) is 10.3. The van der Waals surface area contributed by atoms with Gasteiger partial charge in [0.15, 0.2) is 9.84 Å². The van der Waals surface area contributed by atoms with Crippen LogP contribution in [0.3, 0.4) is 0 Å². The first-order valence-electron chi connectivity index (χ1n) is 12.9. The third kappa shape index (κ3) is 6.08. The van der Waals surface area contributed by atoms with E-state index >= 15 is 0 Å². The summed E-state index contributed by atoms with van der Waals surface area (Å²) in [5.74, 6) is 0.208. The maximum absolute atomic E-state index is 11.9. The van der Waals surface area contributed by atoms with E-state index in [0.29, 0.717) is 29.8 Å². The summed E-state index contributed by atoms with van der Waals surface area (Å²) in [6.07, 6.45) is 4.38. The molecule has 4 aromatic rings. The molecule has 2 atom stereocenters. The summed E-state index contributed by atoms with van der Waals surface area (Å²) in [5.41, 5.74) is 3.49. The second-order valence-electron chi connectivity index (χ2n) is 10.2. The summed E-state index contributed by atoms with van der Waals surface area (Å²) >= 11 is 0. The monoisotopic (exact) mass is 552 g/mol. The van der Waals surface area contributed by atoms with Gasteiger partial charge in [-0.15, -0.1) is 0 Å². The van der Waals surface area contributed by atoms with Crippen molar-refractivity contribution in [3.8, 4) is 11.5 Å². The second-order valence-corrected chi connectivity index (χ2v) is 12.2. The summed E-state index contributed by atoms with van der Waals surface area (Å²) in [6.45, 7) is 4.30. The standard InChI is InChI=1S/C29H32N2O7S/c1-18-6-4-7-20(12-18)28-30-25(19(2)38-28)16-36-22-8-5-9-23(15-22)37-17-31-26-11-10-24(39(3,34)35)13-21(26)14-27(31)29(32)33/h4,6-7,10-14,22-23H,5,8-9,15-17H2,1-3H3,(H,32,33)/t22-,23+/m0/s1. The molecular formula is C29H32N2O7S. The molecule has 0 spiro atoms. The van der Waals surface area contributed by atoms with Gasteiger partial charge in [0.2, 0.25) is 5.89 Å². The average molecular weight is 553 g/mol. The molecule has 1 fully saturated rings. The van der Waals surface area contributed by atoms with E-state index in [4.69, 9.17) is 13.9 Å². The minimum atomic E-state index is -3.41. The van der Waals surface area contributed by atoms with Crippen molar-refractivity contribution >= 4 is 26.7 Å². The largest absolute Gasteiger partial charge is 0.477 e. The van der Waals surface area contributed by atoms with Crippen molar-refractivity contribution in [3.05, 3.63) is 71.2 Å². The predicted molar refractivity (Wildman–Crippen MR) is 145 cm³/mol. The Morgan fingerprint density at radius 2 is 1.87 bits per heavy atom. The molecule has 0 aliphatic heterocycles. The van der Waals surface area contributed by atoms with Gasteiger partial charge in [-0.3, -0.25) is 0 Å². The van der Waals surface area contributed by atoms with E-state index in [1.807, 2.05) is 38.1 Å². The lowest BCUT2D eigenvalue weighted by Gasteiger charge is -2.29. The minimum Gasteiger partial charge on any atom is -0.477 e. The van der Waals surface area contributed by atoms with Gasteiger partial charge in [-0.2, -0.15) is 0 Å². The number of carboxylic acids is 1. The zero-order chi connectivity index (χ0) is 27.7.